The maximum absolute atomic E-state index is 13.6. The quantitative estimate of drug-likeness (QED) is 0.585. The summed E-state index contributed by atoms with van der Waals surface area (Å²) < 4.78 is 50.8. The van der Waals surface area contributed by atoms with E-state index in [0.717, 1.165) is 23.9 Å². The molecule has 146 valence electrons. The van der Waals surface area contributed by atoms with Crippen LogP contribution in [0.15, 0.2) is 52.1 Å². The summed E-state index contributed by atoms with van der Waals surface area (Å²) >= 11 is 0.926. The van der Waals surface area contributed by atoms with E-state index in [9.17, 15) is 18.0 Å². The first kappa shape index (κ1) is 19.7. The number of halogens is 3. The Morgan fingerprint density at radius 3 is 2.71 bits per heavy atom. The van der Waals surface area contributed by atoms with Crippen molar-refractivity contribution in [1.29, 1.82) is 0 Å². The van der Waals surface area contributed by atoms with Gasteiger partial charge in [0.25, 0.3) is 11.1 Å². The van der Waals surface area contributed by atoms with Gasteiger partial charge in [0, 0.05) is 6.07 Å². The summed E-state index contributed by atoms with van der Waals surface area (Å²) in [5.41, 5.74) is -0.134. The Kier molecular flexibility index (Phi) is 6.19. The number of ether oxygens (including phenoxy) is 1. The average Bonchev–Trinajstić information content (AvgIpc) is 3.13. The Hall–Kier alpha value is -3.01. The summed E-state index contributed by atoms with van der Waals surface area (Å²) in [7, 11) is 0. The maximum Gasteiger partial charge on any atom is 0.277 e. The number of aromatic nitrogens is 2. The molecule has 1 atom stereocenters. The number of carbonyl (C=O) groups excluding carboxylic acids is 1. The van der Waals surface area contributed by atoms with Gasteiger partial charge in [-0.15, -0.1) is 10.2 Å². The molecular formula is C18H14F3N3O3S. The number of amides is 1. The molecule has 0 spiro atoms. The molecule has 0 aliphatic rings. The zero-order valence-electron chi connectivity index (χ0n) is 14.5. The molecule has 1 aromatic heterocycles. The predicted molar refractivity (Wildman–Crippen MR) is 95.5 cm³/mol. The molecule has 1 heterocycles. The van der Waals surface area contributed by atoms with Crippen molar-refractivity contribution in [3.05, 3.63) is 65.8 Å². The van der Waals surface area contributed by atoms with Crippen molar-refractivity contribution in [3.63, 3.8) is 0 Å². The van der Waals surface area contributed by atoms with Crippen LogP contribution in [-0.2, 0) is 4.79 Å². The molecule has 0 aliphatic carbocycles. The van der Waals surface area contributed by atoms with Crippen molar-refractivity contribution in [2.45, 2.75) is 18.3 Å². The van der Waals surface area contributed by atoms with Gasteiger partial charge in [0.15, 0.2) is 17.7 Å². The molecule has 3 aromatic rings. The van der Waals surface area contributed by atoms with Crippen molar-refractivity contribution in [3.8, 4) is 5.75 Å². The Labute approximate surface area is 162 Å². The summed E-state index contributed by atoms with van der Waals surface area (Å²) in [6.45, 7) is 1.61. The monoisotopic (exact) mass is 409 g/mol. The van der Waals surface area contributed by atoms with E-state index < -0.39 is 29.5 Å². The van der Waals surface area contributed by atoms with Crippen LogP contribution in [0.4, 0.5) is 18.9 Å². The lowest BCUT2D eigenvalue weighted by atomic mass is 10.3. The van der Waals surface area contributed by atoms with Gasteiger partial charge in [0.1, 0.15) is 11.6 Å². The van der Waals surface area contributed by atoms with Crippen LogP contribution in [0.25, 0.3) is 0 Å². The van der Waals surface area contributed by atoms with Gasteiger partial charge < -0.3 is 14.5 Å². The van der Waals surface area contributed by atoms with Gasteiger partial charge in [-0.05, 0) is 31.2 Å². The predicted octanol–water partition coefficient (Wildman–Crippen LogP) is 4.36. The Bertz CT molecular complexity index is 983. The smallest absolute Gasteiger partial charge is 0.277 e. The molecule has 3 rings (SSSR count). The Balaban J connectivity index is 1.54. The standard InChI is InChI=1S/C18H14F3N3O3S/c1-10(26-15-5-3-2-4-12(15)20)17-23-24-18(27-17)28-9-16(25)22-14-7-6-11(19)8-13(14)21/h2-8,10H,9H2,1H3,(H,22,25)/t10-/m1/s1. The molecule has 6 nitrogen and oxygen atoms in total. The van der Waals surface area contributed by atoms with Crippen LogP contribution in [0.3, 0.4) is 0 Å². The van der Waals surface area contributed by atoms with E-state index in [1.54, 1.807) is 13.0 Å². The zero-order valence-corrected chi connectivity index (χ0v) is 15.3. The van der Waals surface area contributed by atoms with E-state index in [0.29, 0.717) is 6.07 Å². The van der Waals surface area contributed by atoms with Crippen LogP contribution in [0.1, 0.15) is 18.9 Å². The molecule has 2 aromatic carbocycles. The third-order valence-electron chi connectivity index (χ3n) is 3.44. The molecule has 0 aliphatic heterocycles. The van der Waals surface area contributed by atoms with E-state index in [1.807, 2.05) is 0 Å². The van der Waals surface area contributed by atoms with E-state index >= 15 is 0 Å². The lowest BCUT2D eigenvalue weighted by molar-refractivity contribution is -0.113. The molecule has 0 radical (unpaired) electrons. The van der Waals surface area contributed by atoms with Crippen molar-refractivity contribution in [2.75, 3.05) is 11.1 Å². The highest BCUT2D eigenvalue weighted by molar-refractivity contribution is 7.99. The summed E-state index contributed by atoms with van der Waals surface area (Å²) in [4.78, 5) is 11.9. The first-order chi connectivity index (χ1) is 13.4. The van der Waals surface area contributed by atoms with E-state index in [4.69, 9.17) is 9.15 Å². The number of anilines is 1. The number of carbonyl (C=O) groups is 1. The van der Waals surface area contributed by atoms with Gasteiger partial charge in [-0.25, -0.2) is 13.2 Å². The van der Waals surface area contributed by atoms with E-state index in [1.165, 1.54) is 18.2 Å². The third-order valence-corrected chi connectivity index (χ3v) is 4.26. The van der Waals surface area contributed by atoms with E-state index in [-0.39, 0.29) is 28.3 Å². The van der Waals surface area contributed by atoms with Gasteiger partial charge in [0.2, 0.25) is 5.91 Å². The van der Waals surface area contributed by atoms with Crippen molar-refractivity contribution < 1.29 is 27.1 Å². The molecule has 0 saturated heterocycles. The average molecular weight is 409 g/mol. The highest BCUT2D eigenvalue weighted by atomic mass is 32.2. The molecule has 1 amide bonds. The number of hydrogen-bond donors (Lipinski definition) is 1. The molecule has 0 unspecified atom stereocenters. The highest BCUT2D eigenvalue weighted by Gasteiger charge is 2.18. The van der Waals surface area contributed by atoms with Crippen LogP contribution in [0.5, 0.6) is 5.75 Å². The first-order valence-corrected chi connectivity index (χ1v) is 9.03. The Morgan fingerprint density at radius 1 is 1.18 bits per heavy atom. The number of hydrogen-bond acceptors (Lipinski definition) is 6. The van der Waals surface area contributed by atoms with Gasteiger partial charge in [0.05, 0.1) is 11.4 Å². The molecule has 0 bridgehead atoms. The minimum absolute atomic E-state index is 0.0445. The second-order valence-electron chi connectivity index (χ2n) is 5.56. The molecule has 28 heavy (non-hydrogen) atoms. The van der Waals surface area contributed by atoms with Gasteiger partial charge in [-0.3, -0.25) is 4.79 Å². The SMILES string of the molecule is C[C@@H](Oc1ccccc1F)c1nnc(SCC(=O)Nc2ccc(F)cc2F)o1. The van der Waals surface area contributed by atoms with Crippen LogP contribution < -0.4 is 10.1 Å². The van der Waals surface area contributed by atoms with Gasteiger partial charge >= 0.3 is 0 Å². The first-order valence-electron chi connectivity index (χ1n) is 8.04. The summed E-state index contributed by atoms with van der Waals surface area (Å²) in [5.74, 6) is -2.66. The Morgan fingerprint density at radius 2 is 1.96 bits per heavy atom. The van der Waals surface area contributed by atoms with Crippen LogP contribution in [-0.4, -0.2) is 21.9 Å². The van der Waals surface area contributed by atoms with Gasteiger partial charge in [-0.1, -0.05) is 23.9 Å². The third kappa shape index (κ3) is 5.03. The summed E-state index contributed by atoms with van der Waals surface area (Å²) in [6, 6.07) is 8.73. The molecule has 0 saturated carbocycles. The fourth-order valence-corrected chi connectivity index (χ4v) is 2.70. The second kappa shape index (κ2) is 8.79. The van der Waals surface area contributed by atoms with Crippen LogP contribution >= 0.6 is 11.8 Å². The largest absolute Gasteiger partial charge is 0.478 e. The number of para-hydroxylation sites is 1. The highest BCUT2D eigenvalue weighted by Crippen LogP contribution is 2.25. The number of benzene rings is 2. The minimum atomic E-state index is -0.877. The molecule has 0 fully saturated rings. The maximum atomic E-state index is 13.6. The van der Waals surface area contributed by atoms with Gasteiger partial charge in [-0.2, -0.15) is 0 Å². The van der Waals surface area contributed by atoms with Crippen molar-refractivity contribution >= 4 is 23.4 Å². The number of rotatable bonds is 7. The topological polar surface area (TPSA) is 77.2 Å². The number of nitrogens with zero attached hydrogens (tertiary/aromatic N) is 2. The summed E-state index contributed by atoms with van der Waals surface area (Å²) in [6.07, 6.45) is -0.708. The fourth-order valence-electron chi connectivity index (χ4n) is 2.13. The number of thioether (sulfide) groups is 1. The van der Waals surface area contributed by atoms with Crippen LogP contribution in [0.2, 0.25) is 0 Å². The lowest BCUT2D eigenvalue weighted by Crippen LogP contribution is -2.15. The fraction of sp³-hybridized carbons (Fsp3) is 0.167. The number of nitrogens with one attached hydrogen (secondary N) is 1. The van der Waals surface area contributed by atoms with Crippen molar-refractivity contribution in [1.82, 2.24) is 10.2 Å². The minimum Gasteiger partial charge on any atom is -0.478 e. The zero-order chi connectivity index (χ0) is 20.1. The molecule has 1 N–H and O–H groups in total. The molecule has 10 heteroatoms. The van der Waals surface area contributed by atoms with Crippen molar-refractivity contribution in [2.24, 2.45) is 0 Å². The lowest BCUT2D eigenvalue weighted by Gasteiger charge is -2.11. The van der Waals surface area contributed by atoms with E-state index in [2.05, 4.69) is 15.5 Å². The molecular weight excluding hydrogens is 395 g/mol. The van der Waals surface area contributed by atoms with Crippen LogP contribution in [0, 0.1) is 17.5 Å². The summed E-state index contributed by atoms with van der Waals surface area (Å²) in [5, 5.41) is 10.00. The normalized spacial score (nSPS) is 11.9. The second-order valence-corrected chi connectivity index (χ2v) is 6.48.